The Hall–Kier alpha value is -5.35. The van der Waals surface area contributed by atoms with E-state index >= 15 is 0 Å². The van der Waals surface area contributed by atoms with Crippen LogP contribution in [0.3, 0.4) is 0 Å². The molecule has 0 rings (SSSR count). The molecule has 0 bridgehead atoms. The fourth-order valence-corrected chi connectivity index (χ4v) is 11.3. The van der Waals surface area contributed by atoms with E-state index in [0.717, 1.165) is 199 Å². The highest BCUT2D eigenvalue weighted by atomic mass is 31.2. The lowest BCUT2D eigenvalue weighted by molar-refractivity contribution is -0.161. The van der Waals surface area contributed by atoms with Gasteiger partial charge in [0.15, 0.2) is 6.10 Å². The summed E-state index contributed by atoms with van der Waals surface area (Å²) in [5.74, 6) is -1.64. The Labute approximate surface area is 624 Å². The van der Waals surface area contributed by atoms with Gasteiger partial charge in [-0.3, -0.25) is 32.5 Å². The van der Waals surface area contributed by atoms with Crippen molar-refractivity contribution >= 4 is 33.6 Å². The molecule has 18 heteroatoms. The Kier molecular flexibility index (Phi) is 72.3. The smallest absolute Gasteiger partial charge is 0.463 e. The maximum Gasteiger partial charge on any atom is 0.472 e. The number of phosphoric acid groups is 2. The minimum atomic E-state index is -4.95. The first-order valence-corrected chi connectivity index (χ1v) is 42.1. The summed E-state index contributed by atoms with van der Waals surface area (Å²) >= 11 is 0. The third-order valence-electron chi connectivity index (χ3n) is 15.6. The van der Waals surface area contributed by atoms with Crippen molar-refractivity contribution in [2.75, 3.05) is 39.6 Å². The van der Waals surface area contributed by atoms with Gasteiger partial charge in [-0.25, -0.2) is 9.13 Å². The van der Waals surface area contributed by atoms with Crippen LogP contribution in [0.4, 0.5) is 0 Å². The summed E-state index contributed by atoms with van der Waals surface area (Å²) in [5.41, 5.74) is 0. The van der Waals surface area contributed by atoms with Crippen LogP contribution in [-0.4, -0.2) is 95.9 Å². The molecule has 103 heavy (non-hydrogen) atoms. The van der Waals surface area contributed by atoms with E-state index in [0.29, 0.717) is 19.3 Å². The molecular formula is C85H138O16P2. The molecule has 0 radical (unpaired) electrons. The average Bonchev–Trinajstić information content (AvgIpc) is 0.921. The van der Waals surface area contributed by atoms with Crippen LogP contribution in [0, 0.1) is 0 Å². The Morgan fingerprint density at radius 1 is 0.282 bits per heavy atom. The number of carbonyl (C=O) groups excluding carboxylic acids is 3. The summed E-state index contributed by atoms with van der Waals surface area (Å²) in [7, 11) is -9.83. The number of aliphatic hydroxyl groups is 2. The zero-order valence-corrected chi connectivity index (χ0v) is 65.5. The van der Waals surface area contributed by atoms with Crippen molar-refractivity contribution in [1.29, 1.82) is 0 Å². The molecule has 0 saturated carbocycles. The van der Waals surface area contributed by atoms with Crippen molar-refractivity contribution in [3.05, 3.63) is 182 Å². The summed E-state index contributed by atoms with van der Waals surface area (Å²) in [5, 5.41) is 20.6. The average molecular weight is 1480 g/mol. The van der Waals surface area contributed by atoms with Gasteiger partial charge in [-0.2, -0.15) is 0 Å². The van der Waals surface area contributed by atoms with Gasteiger partial charge in [0.2, 0.25) is 0 Å². The fourth-order valence-electron chi connectivity index (χ4n) is 9.70. The fraction of sp³-hybridized carbons (Fsp3) is 0.612. The highest BCUT2D eigenvalue weighted by Gasteiger charge is 2.29. The normalized spacial score (nSPS) is 15.0. The number of allylic oxidation sites excluding steroid dienone is 30. The van der Waals surface area contributed by atoms with Crippen molar-refractivity contribution in [3.63, 3.8) is 0 Å². The van der Waals surface area contributed by atoms with E-state index in [4.69, 9.17) is 32.3 Å². The molecule has 0 fully saturated rings. The van der Waals surface area contributed by atoms with Crippen LogP contribution in [0.2, 0.25) is 0 Å². The molecule has 0 aliphatic rings. The first kappa shape index (κ1) is 97.7. The van der Waals surface area contributed by atoms with Crippen molar-refractivity contribution in [3.8, 4) is 0 Å². The van der Waals surface area contributed by atoms with E-state index in [1.807, 2.05) is 0 Å². The predicted octanol–water partition coefficient (Wildman–Crippen LogP) is 23.0. The lowest BCUT2D eigenvalue weighted by Crippen LogP contribution is -2.30. The second-order valence-corrected chi connectivity index (χ2v) is 28.3. The van der Waals surface area contributed by atoms with Gasteiger partial charge in [0.05, 0.1) is 26.4 Å². The lowest BCUT2D eigenvalue weighted by atomic mass is 10.1. The highest BCUT2D eigenvalue weighted by Crippen LogP contribution is 2.45. The molecule has 0 aliphatic carbocycles. The van der Waals surface area contributed by atoms with Crippen LogP contribution in [0.5, 0.6) is 0 Å². The highest BCUT2D eigenvalue weighted by molar-refractivity contribution is 7.47. The van der Waals surface area contributed by atoms with Gasteiger partial charge in [0, 0.05) is 19.3 Å². The van der Waals surface area contributed by atoms with Gasteiger partial charge >= 0.3 is 33.6 Å². The number of hydrogen-bond donors (Lipinski definition) is 4. The largest absolute Gasteiger partial charge is 0.472 e. The molecule has 0 aromatic heterocycles. The second-order valence-electron chi connectivity index (χ2n) is 25.4. The zero-order valence-electron chi connectivity index (χ0n) is 63.7. The van der Waals surface area contributed by atoms with E-state index in [9.17, 15) is 43.5 Å². The number of carbonyl (C=O) groups is 3. The number of unbranched alkanes of at least 4 members (excludes halogenated alkanes) is 19. The van der Waals surface area contributed by atoms with Crippen molar-refractivity contribution in [1.82, 2.24) is 0 Å². The maximum atomic E-state index is 13.0. The zero-order chi connectivity index (χ0) is 75.2. The Balaban J connectivity index is 4.75. The maximum absolute atomic E-state index is 13.0. The third-order valence-corrected chi connectivity index (χ3v) is 17.5. The molecule has 0 saturated heterocycles. The van der Waals surface area contributed by atoms with Crippen LogP contribution in [0.25, 0.3) is 0 Å². The Morgan fingerprint density at radius 2 is 0.515 bits per heavy atom. The van der Waals surface area contributed by atoms with Crippen molar-refractivity contribution < 1.29 is 75.8 Å². The first-order valence-electron chi connectivity index (χ1n) is 39.1. The van der Waals surface area contributed by atoms with Crippen molar-refractivity contribution in [2.45, 2.75) is 296 Å². The molecule has 0 heterocycles. The van der Waals surface area contributed by atoms with E-state index in [1.54, 1.807) is 0 Å². The molecule has 0 spiro atoms. The second kappa shape index (κ2) is 76.3. The van der Waals surface area contributed by atoms with Gasteiger partial charge in [-0.15, -0.1) is 0 Å². The lowest BCUT2D eigenvalue weighted by Gasteiger charge is -2.21. The number of phosphoric ester groups is 2. The molecule has 0 aliphatic heterocycles. The van der Waals surface area contributed by atoms with Gasteiger partial charge < -0.3 is 34.2 Å². The Morgan fingerprint density at radius 3 is 0.816 bits per heavy atom. The molecule has 0 amide bonds. The number of rotatable bonds is 72. The number of hydrogen-bond acceptors (Lipinski definition) is 14. The minimum absolute atomic E-state index is 0.0712. The summed E-state index contributed by atoms with van der Waals surface area (Å²) in [6, 6.07) is 0. The van der Waals surface area contributed by atoms with Crippen molar-refractivity contribution in [2.24, 2.45) is 0 Å². The number of aliphatic hydroxyl groups excluding tert-OH is 2. The minimum Gasteiger partial charge on any atom is -0.463 e. The molecule has 0 aromatic carbocycles. The summed E-state index contributed by atoms with van der Waals surface area (Å²) < 4.78 is 61.1. The van der Waals surface area contributed by atoms with Crippen LogP contribution < -0.4 is 0 Å². The quantitative estimate of drug-likeness (QED) is 0.0146. The van der Waals surface area contributed by atoms with E-state index in [2.05, 4.69) is 203 Å². The van der Waals surface area contributed by atoms with Gasteiger partial charge in [0.25, 0.3) is 0 Å². The summed E-state index contributed by atoms with van der Waals surface area (Å²) in [6.45, 7) is 2.34. The standard InChI is InChI=1S/C85H138O16P2/c1-4-7-10-13-16-19-22-25-28-31-34-37-38-39-40-43-45-47-50-53-56-59-62-65-68-71-83(88)95-74-80(86)75-97-102(91,92)98-76-81(87)77-99-103(93,94)100-79-82(101-85(90)73-70-67-64-61-58-55-52-49-46-42-36-33-30-27-24-21-18-15-12-9-6-3)78-96-84(89)72-69-66-63-60-57-54-51-48-44-41-35-32-29-26-23-20-17-14-11-8-5-2/h7-8,10-11,16-21,25-30,34-37,39-42,45,47-49,51-52,80-82,86-87H,4-6,9,12-15,22-24,31-33,38,43-44,46,50,53-79H2,1-3H3,(H,91,92)(H,93,94)/b10-7-,11-8-,19-16-,20-17-,21-18-,28-25-,29-26-,30-27-,37-34-,40-39-,41-35-,42-36-,47-45-,51-48-,52-49-. The molecule has 5 atom stereocenters. The summed E-state index contributed by atoms with van der Waals surface area (Å²) in [4.78, 5) is 58.7. The van der Waals surface area contributed by atoms with Gasteiger partial charge in [-0.1, -0.05) is 280 Å². The van der Waals surface area contributed by atoms with Crippen LogP contribution in [-0.2, 0) is 55.8 Å². The SMILES string of the molecule is CC/C=C\C/C=C\C/C=C\C/C=C\C/C=C\C/C=C\CCCCCCCCC(=O)OCC(O)COP(=O)(O)OCC(O)COP(=O)(O)OCC(COC(=O)CCCCCCC/C=C\C/C=C\C/C=C\C/C=C\C/C=C\CC)OC(=O)CCCCCCC/C=C\C/C=C\C/C=C\C/C=C\CCCCC. The third kappa shape index (κ3) is 77.6. The summed E-state index contributed by atoms with van der Waals surface area (Å²) in [6.07, 6.45) is 97.7. The molecule has 5 unspecified atom stereocenters. The van der Waals surface area contributed by atoms with E-state index in [-0.39, 0.29) is 19.3 Å². The van der Waals surface area contributed by atoms with Crippen LogP contribution in [0.15, 0.2) is 182 Å². The molecule has 16 nitrogen and oxygen atoms in total. The van der Waals surface area contributed by atoms with Crippen LogP contribution in [0.1, 0.15) is 278 Å². The van der Waals surface area contributed by atoms with E-state index in [1.165, 1.54) is 19.3 Å². The molecular weight excluding hydrogens is 1340 g/mol. The molecule has 584 valence electrons. The predicted molar refractivity (Wildman–Crippen MR) is 426 cm³/mol. The van der Waals surface area contributed by atoms with Gasteiger partial charge in [0.1, 0.15) is 25.4 Å². The Bertz CT molecular complexity index is 2600. The first-order chi connectivity index (χ1) is 50.2. The van der Waals surface area contributed by atoms with E-state index < -0.39 is 91.5 Å². The monoisotopic (exact) mass is 1480 g/mol. The molecule has 4 N–H and O–H groups in total. The van der Waals surface area contributed by atoms with Gasteiger partial charge in [-0.05, 0) is 161 Å². The number of ether oxygens (including phenoxy) is 3. The number of esters is 3. The van der Waals surface area contributed by atoms with Crippen LogP contribution >= 0.6 is 15.6 Å². The molecule has 0 aromatic rings. The topological polar surface area (TPSA) is 231 Å².